The van der Waals surface area contributed by atoms with E-state index in [4.69, 9.17) is 4.74 Å². The van der Waals surface area contributed by atoms with Crippen LogP contribution in [-0.4, -0.2) is 56.2 Å². The van der Waals surface area contributed by atoms with Crippen LogP contribution < -0.4 is 9.64 Å². The molecule has 2 aromatic rings. The number of rotatable bonds is 5. The molecular weight excluding hydrogens is 409 g/mol. The fourth-order valence-electron chi connectivity index (χ4n) is 2.97. The van der Waals surface area contributed by atoms with Gasteiger partial charge in [-0.3, -0.25) is 0 Å². The summed E-state index contributed by atoms with van der Waals surface area (Å²) in [6.45, 7) is 0.356. The summed E-state index contributed by atoms with van der Waals surface area (Å²) in [5.41, 5.74) is -0.893. The summed E-state index contributed by atoms with van der Waals surface area (Å²) in [5, 5.41) is 8.00. The number of halogens is 3. The molecule has 1 aromatic heterocycles. The maximum atomic E-state index is 12.8. The van der Waals surface area contributed by atoms with Crippen molar-refractivity contribution in [2.45, 2.75) is 30.0 Å². The minimum Gasteiger partial charge on any atom is -0.472 e. The van der Waals surface area contributed by atoms with E-state index in [2.05, 4.69) is 10.2 Å². The molecule has 0 saturated carbocycles. The third-order valence-electron chi connectivity index (χ3n) is 4.53. The molecule has 3 rings (SSSR count). The van der Waals surface area contributed by atoms with E-state index in [1.54, 1.807) is 17.0 Å². The molecule has 29 heavy (non-hydrogen) atoms. The predicted octanol–water partition coefficient (Wildman–Crippen LogP) is 2.79. The molecule has 1 atom stereocenters. The number of benzene rings is 1. The van der Waals surface area contributed by atoms with E-state index in [1.165, 1.54) is 4.31 Å². The van der Waals surface area contributed by atoms with Crippen molar-refractivity contribution in [2.24, 2.45) is 0 Å². The van der Waals surface area contributed by atoms with E-state index in [0.717, 1.165) is 24.3 Å². The number of piperidine rings is 1. The molecule has 158 valence electrons. The van der Waals surface area contributed by atoms with E-state index in [0.29, 0.717) is 18.7 Å². The Labute approximate surface area is 167 Å². The molecular formula is C18H21F3N4O3S. The highest BCUT2D eigenvalue weighted by Crippen LogP contribution is 2.30. The largest absolute Gasteiger partial charge is 0.472 e. The quantitative estimate of drug-likeness (QED) is 0.726. The molecule has 0 radical (unpaired) electrons. The number of nitrogens with zero attached hydrogens (tertiary/aromatic N) is 4. The lowest BCUT2D eigenvalue weighted by Gasteiger charge is -2.31. The minimum atomic E-state index is -4.52. The molecule has 1 fully saturated rings. The highest BCUT2D eigenvalue weighted by atomic mass is 32.2. The van der Waals surface area contributed by atoms with Crippen molar-refractivity contribution in [1.29, 1.82) is 0 Å². The molecule has 0 spiro atoms. The summed E-state index contributed by atoms with van der Waals surface area (Å²) in [4.78, 5) is 1.61. The lowest BCUT2D eigenvalue weighted by Crippen LogP contribution is -2.44. The highest BCUT2D eigenvalue weighted by molar-refractivity contribution is 7.89. The SMILES string of the molecule is CN(C)c1ccc(OC2CCCN(S(=O)(=O)c3ccc(C(F)(F)F)cc3)C2)nn1. The maximum absolute atomic E-state index is 12.8. The second-order valence-corrected chi connectivity index (χ2v) is 8.83. The predicted molar refractivity (Wildman–Crippen MR) is 100 cm³/mol. The molecule has 0 N–H and O–H groups in total. The van der Waals surface area contributed by atoms with Crippen molar-refractivity contribution >= 4 is 15.8 Å². The number of alkyl halides is 3. The topological polar surface area (TPSA) is 75.6 Å². The maximum Gasteiger partial charge on any atom is 0.416 e. The number of anilines is 1. The lowest BCUT2D eigenvalue weighted by molar-refractivity contribution is -0.137. The fourth-order valence-corrected chi connectivity index (χ4v) is 4.48. The molecule has 7 nitrogen and oxygen atoms in total. The molecule has 1 aliphatic heterocycles. The van der Waals surface area contributed by atoms with Crippen LogP contribution in [0.4, 0.5) is 19.0 Å². The van der Waals surface area contributed by atoms with Crippen molar-refractivity contribution in [3.05, 3.63) is 42.0 Å². The first-order valence-corrected chi connectivity index (χ1v) is 10.4. The Morgan fingerprint density at radius 3 is 2.34 bits per heavy atom. The van der Waals surface area contributed by atoms with Gasteiger partial charge in [0.25, 0.3) is 0 Å². The monoisotopic (exact) mass is 430 g/mol. The average Bonchev–Trinajstić information content (AvgIpc) is 2.68. The number of aromatic nitrogens is 2. The Balaban J connectivity index is 1.70. The normalized spacial score (nSPS) is 18.4. The summed E-state index contributed by atoms with van der Waals surface area (Å²) >= 11 is 0. The van der Waals surface area contributed by atoms with Crippen molar-refractivity contribution in [3.8, 4) is 5.88 Å². The Kier molecular flexibility index (Phi) is 5.99. The van der Waals surface area contributed by atoms with Crippen LogP contribution in [0.25, 0.3) is 0 Å². The van der Waals surface area contributed by atoms with Gasteiger partial charge in [0.05, 0.1) is 17.0 Å². The second-order valence-electron chi connectivity index (χ2n) is 6.89. The van der Waals surface area contributed by atoms with Crippen molar-refractivity contribution in [3.63, 3.8) is 0 Å². The van der Waals surface area contributed by atoms with Gasteiger partial charge in [0.1, 0.15) is 6.10 Å². The van der Waals surface area contributed by atoms with Crippen LogP contribution in [-0.2, 0) is 16.2 Å². The van der Waals surface area contributed by atoms with Gasteiger partial charge in [0, 0.05) is 26.7 Å². The van der Waals surface area contributed by atoms with Gasteiger partial charge in [-0.25, -0.2) is 8.42 Å². The van der Waals surface area contributed by atoms with E-state index in [-0.39, 0.29) is 23.9 Å². The standard InChI is InChI=1S/C18H21F3N4O3S/c1-24(2)16-9-10-17(23-22-16)28-14-4-3-11-25(12-14)29(26,27)15-7-5-13(6-8-15)18(19,20)21/h5-10,14H,3-4,11-12H2,1-2H3. The zero-order valence-corrected chi connectivity index (χ0v) is 16.7. The second kappa shape index (κ2) is 8.15. The first kappa shape index (κ1) is 21.3. The number of hydrogen-bond donors (Lipinski definition) is 0. The molecule has 1 unspecified atom stereocenters. The first-order valence-electron chi connectivity index (χ1n) is 8.92. The zero-order chi connectivity index (χ0) is 21.2. The van der Waals surface area contributed by atoms with Gasteiger partial charge < -0.3 is 9.64 Å². The molecule has 2 heterocycles. The Hall–Kier alpha value is -2.40. The van der Waals surface area contributed by atoms with E-state index >= 15 is 0 Å². The Bertz CT molecular complexity index is 932. The van der Waals surface area contributed by atoms with Gasteiger partial charge in [-0.2, -0.15) is 17.5 Å². The fraction of sp³-hybridized carbons (Fsp3) is 0.444. The number of hydrogen-bond acceptors (Lipinski definition) is 6. The van der Waals surface area contributed by atoms with E-state index in [1.807, 2.05) is 14.1 Å². The van der Waals surface area contributed by atoms with Gasteiger partial charge in [-0.05, 0) is 43.2 Å². The number of sulfonamides is 1. The van der Waals surface area contributed by atoms with Crippen LogP contribution >= 0.6 is 0 Å². The zero-order valence-electron chi connectivity index (χ0n) is 15.9. The number of ether oxygens (including phenoxy) is 1. The van der Waals surface area contributed by atoms with Crippen molar-refractivity contribution in [2.75, 3.05) is 32.1 Å². The van der Waals surface area contributed by atoms with Gasteiger partial charge in [-0.15, -0.1) is 10.2 Å². The van der Waals surface area contributed by atoms with Crippen LogP contribution in [0.1, 0.15) is 18.4 Å². The first-order chi connectivity index (χ1) is 13.6. The van der Waals surface area contributed by atoms with Crippen molar-refractivity contribution in [1.82, 2.24) is 14.5 Å². The van der Waals surface area contributed by atoms with Gasteiger partial charge in [0.2, 0.25) is 15.9 Å². The molecule has 1 aromatic carbocycles. The molecule has 11 heteroatoms. The minimum absolute atomic E-state index is 0.0838. The van der Waals surface area contributed by atoms with Crippen LogP contribution in [0.15, 0.2) is 41.3 Å². The van der Waals surface area contributed by atoms with Gasteiger partial charge >= 0.3 is 6.18 Å². The Morgan fingerprint density at radius 1 is 1.10 bits per heavy atom. The van der Waals surface area contributed by atoms with E-state index in [9.17, 15) is 21.6 Å². The summed E-state index contributed by atoms with van der Waals surface area (Å²) in [5.74, 6) is 0.946. The van der Waals surface area contributed by atoms with Crippen LogP contribution in [0.3, 0.4) is 0 Å². The summed E-state index contributed by atoms with van der Waals surface area (Å²) in [6.07, 6.45) is -3.74. The van der Waals surface area contributed by atoms with Crippen molar-refractivity contribution < 1.29 is 26.3 Å². The third kappa shape index (κ3) is 4.96. The summed E-state index contributed by atoms with van der Waals surface area (Å²) < 4.78 is 70.8. The molecule has 0 bridgehead atoms. The van der Waals surface area contributed by atoms with Gasteiger partial charge in [0.15, 0.2) is 5.82 Å². The molecule has 0 amide bonds. The molecule has 0 aliphatic carbocycles. The Morgan fingerprint density at radius 2 is 1.79 bits per heavy atom. The highest BCUT2D eigenvalue weighted by Gasteiger charge is 2.33. The third-order valence-corrected chi connectivity index (χ3v) is 6.41. The molecule has 1 saturated heterocycles. The summed E-state index contributed by atoms with van der Waals surface area (Å²) in [7, 11) is -0.266. The van der Waals surface area contributed by atoms with Crippen LogP contribution in [0.2, 0.25) is 0 Å². The molecule has 1 aliphatic rings. The van der Waals surface area contributed by atoms with E-state index < -0.39 is 27.9 Å². The van der Waals surface area contributed by atoms with Gasteiger partial charge in [-0.1, -0.05) is 0 Å². The lowest BCUT2D eigenvalue weighted by atomic mass is 10.1. The van der Waals surface area contributed by atoms with Crippen LogP contribution in [0.5, 0.6) is 5.88 Å². The summed E-state index contributed by atoms with van der Waals surface area (Å²) in [6, 6.07) is 6.90. The van der Waals surface area contributed by atoms with Crippen LogP contribution in [0, 0.1) is 0 Å². The average molecular weight is 430 g/mol. The smallest absolute Gasteiger partial charge is 0.416 e.